The van der Waals surface area contributed by atoms with Gasteiger partial charge in [0.05, 0.1) is 30.6 Å². The first kappa shape index (κ1) is 28.0. The van der Waals surface area contributed by atoms with Crippen LogP contribution in [0.15, 0.2) is 54.6 Å². The van der Waals surface area contributed by atoms with Crippen molar-refractivity contribution >= 4 is 33.9 Å². The number of fused-ring (bicyclic) bond motifs is 2. The molecule has 1 saturated carbocycles. The molecule has 3 aromatic heterocycles. The zero-order valence-corrected chi connectivity index (χ0v) is 24.7. The van der Waals surface area contributed by atoms with Gasteiger partial charge in [-0.3, -0.25) is 9.59 Å². The maximum atomic E-state index is 14.3. The molecule has 10 nitrogen and oxygen atoms in total. The van der Waals surface area contributed by atoms with Crippen LogP contribution in [0, 0.1) is 5.92 Å². The number of pyridine rings is 1. The van der Waals surface area contributed by atoms with E-state index in [1.165, 1.54) is 4.90 Å². The minimum Gasteiger partial charge on any atom is -0.494 e. The van der Waals surface area contributed by atoms with Crippen LogP contribution in [0.25, 0.3) is 44.8 Å². The van der Waals surface area contributed by atoms with Crippen LogP contribution >= 0.6 is 0 Å². The van der Waals surface area contributed by atoms with Crippen molar-refractivity contribution in [2.45, 2.75) is 38.0 Å². The van der Waals surface area contributed by atoms with Gasteiger partial charge < -0.3 is 30.2 Å². The van der Waals surface area contributed by atoms with Crippen LogP contribution in [0.3, 0.4) is 0 Å². The zero-order valence-electron chi connectivity index (χ0n) is 24.7. The topological polar surface area (TPSA) is 134 Å². The number of halogens is 1. The number of aromatic nitrogens is 4. The Hall–Kier alpha value is -4.77. The molecule has 1 aliphatic heterocycles. The largest absolute Gasteiger partial charge is 0.494 e. The van der Waals surface area contributed by atoms with Gasteiger partial charge in [0.15, 0.2) is 5.82 Å². The van der Waals surface area contributed by atoms with Gasteiger partial charge in [-0.15, -0.1) is 0 Å². The molecule has 1 aliphatic carbocycles. The van der Waals surface area contributed by atoms with Gasteiger partial charge in [0.1, 0.15) is 23.1 Å². The smallest absolute Gasteiger partial charge is 0.254 e. The van der Waals surface area contributed by atoms with E-state index in [1.54, 1.807) is 31.4 Å². The highest BCUT2D eigenvalue weighted by molar-refractivity contribution is 6.00. The standard InChI is InChI=1S/C33H34FN7O3/c1-39-29-26(11-22(13-28(29)44-2)33(43)40-16-23(34)14-24(35)17-40)38-32(39)27-12-21-9-10-25(19-5-7-20(8-6-19)30(36)42)37-31(21)41(27)15-18-3-4-18/h5-13,18,23-24H,3-4,14-17,35H2,1-2H3,(H2,36,42)/t23-,24-/m1/s1. The van der Waals surface area contributed by atoms with Crippen molar-refractivity contribution in [1.29, 1.82) is 0 Å². The first-order chi connectivity index (χ1) is 21.2. The number of likely N-dealkylation sites (tertiary alicyclic amines) is 1. The second-order valence-corrected chi connectivity index (χ2v) is 12.0. The number of carbonyl (C=O) groups is 2. The van der Waals surface area contributed by atoms with Gasteiger partial charge in [0, 0.05) is 48.3 Å². The van der Waals surface area contributed by atoms with Crippen molar-refractivity contribution in [3.63, 3.8) is 0 Å². The Morgan fingerprint density at radius 3 is 2.48 bits per heavy atom. The summed E-state index contributed by atoms with van der Waals surface area (Å²) in [6, 6.07) is 16.3. The highest BCUT2D eigenvalue weighted by Crippen LogP contribution is 2.38. The van der Waals surface area contributed by atoms with Crippen LogP contribution in [-0.4, -0.2) is 68.2 Å². The predicted octanol–water partition coefficient (Wildman–Crippen LogP) is 4.29. The number of ether oxygens (including phenoxy) is 1. The van der Waals surface area contributed by atoms with Crippen molar-refractivity contribution in [2.75, 3.05) is 20.2 Å². The van der Waals surface area contributed by atoms with Gasteiger partial charge in [0.25, 0.3) is 5.91 Å². The van der Waals surface area contributed by atoms with E-state index < -0.39 is 18.1 Å². The molecule has 0 spiro atoms. The number of alkyl halides is 1. The van der Waals surface area contributed by atoms with Crippen LogP contribution < -0.4 is 16.2 Å². The second kappa shape index (κ2) is 10.7. The lowest BCUT2D eigenvalue weighted by atomic mass is 10.0. The van der Waals surface area contributed by atoms with Crippen molar-refractivity contribution in [1.82, 2.24) is 24.0 Å². The number of imidazole rings is 1. The van der Waals surface area contributed by atoms with Gasteiger partial charge in [-0.05, 0) is 67.6 Å². The van der Waals surface area contributed by atoms with E-state index in [2.05, 4.69) is 10.6 Å². The number of hydrogen-bond donors (Lipinski definition) is 2. The maximum Gasteiger partial charge on any atom is 0.254 e. The van der Waals surface area contributed by atoms with Gasteiger partial charge in [0.2, 0.25) is 5.91 Å². The molecule has 0 radical (unpaired) electrons. The molecule has 2 fully saturated rings. The van der Waals surface area contributed by atoms with Crippen molar-refractivity contribution in [2.24, 2.45) is 24.4 Å². The number of aryl methyl sites for hydroxylation is 1. The predicted molar refractivity (Wildman–Crippen MR) is 166 cm³/mol. The van der Waals surface area contributed by atoms with Crippen LogP contribution in [-0.2, 0) is 13.6 Å². The van der Waals surface area contributed by atoms with E-state index in [0.717, 1.165) is 58.7 Å². The molecule has 1 saturated heterocycles. The second-order valence-electron chi connectivity index (χ2n) is 12.0. The minimum atomic E-state index is -1.15. The number of nitrogens with two attached hydrogens (primary N) is 2. The fraction of sp³-hybridized carbons (Fsp3) is 0.333. The third kappa shape index (κ3) is 4.96. The lowest BCUT2D eigenvalue weighted by Crippen LogP contribution is -2.50. The summed E-state index contributed by atoms with van der Waals surface area (Å²) in [5.41, 5.74) is 17.1. The number of amides is 2. The van der Waals surface area contributed by atoms with E-state index >= 15 is 0 Å². The summed E-state index contributed by atoms with van der Waals surface area (Å²) in [6.07, 6.45) is 1.43. The molecule has 2 aliphatic rings. The first-order valence-electron chi connectivity index (χ1n) is 14.8. The van der Waals surface area contributed by atoms with Crippen molar-refractivity contribution in [3.8, 4) is 28.5 Å². The van der Waals surface area contributed by atoms with Crippen molar-refractivity contribution in [3.05, 3.63) is 65.7 Å². The Morgan fingerprint density at radius 2 is 1.80 bits per heavy atom. The molecular formula is C33H34FN7O3. The zero-order chi connectivity index (χ0) is 30.7. The Balaban J connectivity index is 1.32. The molecule has 44 heavy (non-hydrogen) atoms. The lowest BCUT2D eigenvalue weighted by Gasteiger charge is -2.33. The number of nitrogens with zero attached hydrogens (tertiary/aromatic N) is 5. The SMILES string of the molecule is COc1cc(C(=O)N2C[C@H](N)C[C@@H](F)C2)cc2nc(-c3cc4ccc(-c5ccc(C(N)=O)cc5)nc4n3CC3CC3)n(C)c12. The molecule has 7 rings (SSSR count). The Morgan fingerprint density at radius 1 is 1.02 bits per heavy atom. The van der Waals surface area contributed by atoms with Crippen LogP contribution in [0.2, 0.25) is 0 Å². The summed E-state index contributed by atoms with van der Waals surface area (Å²) in [4.78, 5) is 36.5. The summed E-state index contributed by atoms with van der Waals surface area (Å²) in [5, 5.41) is 0.982. The average Bonchev–Trinajstić information content (AvgIpc) is 3.68. The van der Waals surface area contributed by atoms with E-state index in [4.69, 9.17) is 26.2 Å². The molecule has 2 aromatic carbocycles. The number of rotatable bonds is 7. The summed E-state index contributed by atoms with van der Waals surface area (Å²) in [6.45, 7) is 1.13. The maximum absolute atomic E-state index is 14.3. The number of benzene rings is 2. The lowest BCUT2D eigenvalue weighted by molar-refractivity contribution is 0.0606. The molecule has 4 heterocycles. The summed E-state index contributed by atoms with van der Waals surface area (Å²) in [5.74, 6) is 1.03. The normalized spacial score (nSPS) is 18.7. The number of primary amides is 1. The van der Waals surface area contributed by atoms with Gasteiger partial charge in [-0.1, -0.05) is 12.1 Å². The Kier molecular flexibility index (Phi) is 6.84. The third-order valence-electron chi connectivity index (χ3n) is 8.70. The average molecular weight is 596 g/mol. The summed E-state index contributed by atoms with van der Waals surface area (Å²) < 4.78 is 24.2. The summed E-state index contributed by atoms with van der Waals surface area (Å²) >= 11 is 0. The number of methoxy groups -OCH3 is 1. The first-order valence-corrected chi connectivity index (χ1v) is 14.8. The van der Waals surface area contributed by atoms with Gasteiger partial charge in [-0.25, -0.2) is 14.4 Å². The molecule has 2 amide bonds. The fourth-order valence-electron chi connectivity index (χ4n) is 6.26. The highest BCUT2D eigenvalue weighted by Gasteiger charge is 2.30. The van der Waals surface area contributed by atoms with Gasteiger partial charge in [-0.2, -0.15) is 0 Å². The van der Waals surface area contributed by atoms with Crippen LogP contribution in [0.4, 0.5) is 4.39 Å². The molecule has 4 N–H and O–H groups in total. The molecule has 11 heteroatoms. The molecule has 0 unspecified atom stereocenters. The molecule has 0 bridgehead atoms. The van der Waals surface area contributed by atoms with E-state index in [0.29, 0.717) is 34.9 Å². The highest BCUT2D eigenvalue weighted by atomic mass is 19.1. The van der Waals surface area contributed by atoms with Crippen molar-refractivity contribution < 1.29 is 18.7 Å². The molecule has 2 atom stereocenters. The Labute approximate surface area is 253 Å². The number of carbonyl (C=O) groups excluding carboxylic acids is 2. The van der Waals surface area contributed by atoms with Crippen LogP contribution in [0.5, 0.6) is 5.75 Å². The number of hydrogen-bond acceptors (Lipinski definition) is 6. The fourth-order valence-corrected chi connectivity index (χ4v) is 6.26. The minimum absolute atomic E-state index is 0.0197. The van der Waals surface area contributed by atoms with E-state index in [-0.39, 0.29) is 18.9 Å². The monoisotopic (exact) mass is 595 g/mol. The quantitative estimate of drug-likeness (QED) is 0.288. The number of piperidine rings is 1. The molecule has 226 valence electrons. The molecular weight excluding hydrogens is 561 g/mol. The third-order valence-corrected chi connectivity index (χ3v) is 8.70. The van der Waals surface area contributed by atoms with E-state index in [9.17, 15) is 14.0 Å². The summed E-state index contributed by atoms with van der Waals surface area (Å²) in [7, 11) is 3.50. The van der Waals surface area contributed by atoms with Gasteiger partial charge >= 0.3 is 0 Å². The molecule has 5 aromatic rings. The van der Waals surface area contributed by atoms with Crippen LogP contribution in [0.1, 0.15) is 40.0 Å². The van der Waals surface area contributed by atoms with E-state index in [1.807, 2.05) is 35.9 Å². The Bertz CT molecular complexity index is 1920.